The normalized spacial score (nSPS) is 27.5. The molecule has 4 rings (SSSR count). The highest BCUT2D eigenvalue weighted by molar-refractivity contribution is 6.31. The average molecular weight is 360 g/mol. The number of aromatic nitrogens is 1. The first-order valence-corrected chi connectivity index (χ1v) is 9.53. The molecule has 1 aromatic heterocycles. The number of likely N-dealkylation sites (N-methyl/N-ethyl adjacent to an activating group) is 1. The zero-order valence-electron chi connectivity index (χ0n) is 15.0. The van der Waals surface area contributed by atoms with Crippen molar-refractivity contribution in [1.29, 1.82) is 0 Å². The summed E-state index contributed by atoms with van der Waals surface area (Å²) in [5.74, 6) is 0. The molecule has 0 aliphatic carbocycles. The molecule has 1 aromatic carbocycles. The van der Waals surface area contributed by atoms with Crippen LogP contribution in [-0.2, 0) is 0 Å². The Morgan fingerprint density at radius 2 is 2.16 bits per heavy atom. The second-order valence-electron chi connectivity index (χ2n) is 7.77. The van der Waals surface area contributed by atoms with Gasteiger partial charge in [0.2, 0.25) is 0 Å². The maximum absolute atomic E-state index is 10.1. The molecule has 2 saturated heterocycles. The maximum Gasteiger partial charge on any atom is 0.0752 e. The Hall–Kier alpha value is -1.36. The van der Waals surface area contributed by atoms with E-state index in [4.69, 9.17) is 11.6 Å². The SMILES string of the molecule is Cc1cc(Cl)cc2c(N3CC[C@@]4(CO)CCCN(C)[C@@H]4C3)ccnc12. The van der Waals surface area contributed by atoms with Gasteiger partial charge in [-0.2, -0.15) is 0 Å². The minimum atomic E-state index is 0.0555. The van der Waals surface area contributed by atoms with Gasteiger partial charge in [-0.3, -0.25) is 4.98 Å². The van der Waals surface area contributed by atoms with E-state index in [2.05, 4.69) is 34.8 Å². The largest absolute Gasteiger partial charge is 0.396 e. The molecule has 0 spiro atoms. The summed E-state index contributed by atoms with van der Waals surface area (Å²) in [6.45, 7) is 5.38. The van der Waals surface area contributed by atoms with Crippen LogP contribution < -0.4 is 4.90 Å². The Labute approximate surface area is 154 Å². The summed E-state index contributed by atoms with van der Waals surface area (Å²) in [7, 11) is 2.20. The van der Waals surface area contributed by atoms with E-state index in [0.717, 1.165) is 54.0 Å². The molecule has 1 N–H and O–H groups in total. The van der Waals surface area contributed by atoms with Crippen LogP contribution in [0, 0.1) is 12.3 Å². The third-order valence-electron chi connectivity index (χ3n) is 6.33. The smallest absolute Gasteiger partial charge is 0.0752 e. The lowest BCUT2D eigenvalue weighted by atomic mass is 9.69. The number of hydrogen-bond donors (Lipinski definition) is 1. The van der Waals surface area contributed by atoms with Gasteiger partial charge < -0.3 is 14.9 Å². The van der Waals surface area contributed by atoms with Crippen molar-refractivity contribution in [2.45, 2.75) is 32.2 Å². The van der Waals surface area contributed by atoms with Crippen molar-refractivity contribution in [3.63, 3.8) is 0 Å². The molecule has 2 aromatic rings. The van der Waals surface area contributed by atoms with E-state index in [1.54, 1.807) is 0 Å². The molecule has 5 heteroatoms. The molecule has 3 heterocycles. The van der Waals surface area contributed by atoms with Gasteiger partial charge in [0.15, 0.2) is 0 Å². The predicted molar refractivity (Wildman–Crippen MR) is 103 cm³/mol. The average Bonchev–Trinajstić information content (AvgIpc) is 2.61. The van der Waals surface area contributed by atoms with E-state index in [9.17, 15) is 5.11 Å². The van der Waals surface area contributed by atoms with Gasteiger partial charge in [0.25, 0.3) is 0 Å². The van der Waals surface area contributed by atoms with Gasteiger partial charge in [0.1, 0.15) is 0 Å². The fourth-order valence-corrected chi connectivity index (χ4v) is 5.16. The fourth-order valence-electron chi connectivity index (χ4n) is 4.89. The number of likely N-dealkylation sites (tertiary alicyclic amines) is 1. The number of pyridine rings is 1. The molecule has 4 nitrogen and oxygen atoms in total. The van der Waals surface area contributed by atoms with Gasteiger partial charge in [0.05, 0.1) is 12.1 Å². The number of aliphatic hydroxyl groups is 1. The number of rotatable bonds is 2. The van der Waals surface area contributed by atoms with E-state index >= 15 is 0 Å². The fraction of sp³-hybridized carbons (Fsp3) is 0.550. The molecule has 0 saturated carbocycles. The summed E-state index contributed by atoms with van der Waals surface area (Å²) in [6.07, 6.45) is 5.24. The minimum absolute atomic E-state index is 0.0555. The van der Waals surface area contributed by atoms with E-state index in [1.807, 2.05) is 18.3 Å². The number of anilines is 1. The van der Waals surface area contributed by atoms with Crippen LogP contribution in [-0.4, -0.2) is 54.3 Å². The monoisotopic (exact) mass is 359 g/mol. The summed E-state index contributed by atoms with van der Waals surface area (Å²) in [4.78, 5) is 9.46. The van der Waals surface area contributed by atoms with Gasteiger partial charge in [-0.05, 0) is 63.5 Å². The van der Waals surface area contributed by atoms with Gasteiger partial charge in [-0.1, -0.05) is 11.6 Å². The van der Waals surface area contributed by atoms with E-state index in [-0.39, 0.29) is 12.0 Å². The van der Waals surface area contributed by atoms with Crippen molar-refractivity contribution in [3.8, 4) is 0 Å². The Morgan fingerprint density at radius 3 is 2.96 bits per heavy atom. The standard InChI is InChI=1S/C20H26ClN3O/c1-14-10-15(21)11-16-17(4-7-22-19(14)16)24-9-6-20(13-25)5-3-8-23(2)18(20)12-24/h4,7,10-11,18,25H,3,5-6,8-9,12-13H2,1-2H3/t18-,20-/m1/s1. The molecule has 2 atom stereocenters. The van der Waals surface area contributed by atoms with Gasteiger partial charge in [0, 0.05) is 46.8 Å². The number of benzene rings is 1. The Bertz CT molecular complexity index is 796. The van der Waals surface area contributed by atoms with Crippen molar-refractivity contribution in [3.05, 3.63) is 35.0 Å². The zero-order valence-corrected chi connectivity index (χ0v) is 15.8. The van der Waals surface area contributed by atoms with Crippen LogP contribution in [0.5, 0.6) is 0 Å². The van der Waals surface area contributed by atoms with Crippen LogP contribution in [0.2, 0.25) is 5.02 Å². The third-order valence-corrected chi connectivity index (χ3v) is 6.55. The first-order valence-electron chi connectivity index (χ1n) is 9.15. The summed E-state index contributed by atoms with van der Waals surface area (Å²) in [5, 5.41) is 12.0. The molecule has 0 radical (unpaired) electrons. The molecule has 2 aliphatic heterocycles. The van der Waals surface area contributed by atoms with Gasteiger partial charge in [-0.15, -0.1) is 0 Å². The second kappa shape index (κ2) is 6.42. The lowest BCUT2D eigenvalue weighted by Crippen LogP contribution is -2.61. The molecule has 2 fully saturated rings. The quantitative estimate of drug-likeness (QED) is 0.891. The molecular formula is C20H26ClN3O. The van der Waals surface area contributed by atoms with Crippen LogP contribution in [0.4, 0.5) is 5.69 Å². The second-order valence-corrected chi connectivity index (χ2v) is 8.20. The Morgan fingerprint density at radius 1 is 1.32 bits per heavy atom. The predicted octanol–water partition coefficient (Wildman–Crippen LogP) is 3.48. The van der Waals surface area contributed by atoms with Crippen molar-refractivity contribution >= 4 is 28.2 Å². The van der Waals surface area contributed by atoms with E-state index in [1.165, 1.54) is 12.1 Å². The number of nitrogens with zero attached hydrogens (tertiary/aromatic N) is 3. The van der Waals surface area contributed by atoms with Crippen LogP contribution in [0.3, 0.4) is 0 Å². The summed E-state index contributed by atoms with van der Waals surface area (Å²) in [6, 6.07) is 6.50. The molecule has 0 unspecified atom stereocenters. The Kier molecular flexibility index (Phi) is 4.38. The van der Waals surface area contributed by atoms with E-state index in [0.29, 0.717) is 6.04 Å². The number of hydrogen-bond acceptors (Lipinski definition) is 4. The molecular weight excluding hydrogens is 334 g/mol. The molecule has 0 amide bonds. The van der Waals surface area contributed by atoms with Crippen molar-refractivity contribution in [2.75, 3.05) is 38.2 Å². The van der Waals surface area contributed by atoms with Crippen LogP contribution in [0.1, 0.15) is 24.8 Å². The number of aryl methyl sites for hydroxylation is 1. The van der Waals surface area contributed by atoms with Gasteiger partial charge in [-0.25, -0.2) is 0 Å². The van der Waals surface area contributed by atoms with Crippen LogP contribution in [0.25, 0.3) is 10.9 Å². The molecule has 2 aliphatic rings. The highest BCUT2D eigenvalue weighted by atomic mass is 35.5. The molecule has 134 valence electrons. The van der Waals surface area contributed by atoms with E-state index < -0.39 is 0 Å². The topological polar surface area (TPSA) is 39.6 Å². The summed E-state index contributed by atoms with van der Waals surface area (Å²) in [5.41, 5.74) is 3.40. The Balaban J connectivity index is 1.73. The lowest BCUT2D eigenvalue weighted by molar-refractivity contribution is -0.0275. The summed E-state index contributed by atoms with van der Waals surface area (Å²) >= 11 is 6.33. The summed E-state index contributed by atoms with van der Waals surface area (Å²) < 4.78 is 0. The first-order chi connectivity index (χ1) is 12.0. The number of piperidine rings is 2. The number of fused-ring (bicyclic) bond motifs is 2. The van der Waals surface area contributed by atoms with Crippen molar-refractivity contribution < 1.29 is 5.11 Å². The maximum atomic E-state index is 10.1. The third kappa shape index (κ3) is 2.80. The molecule has 0 bridgehead atoms. The zero-order chi connectivity index (χ0) is 17.6. The lowest BCUT2D eigenvalue weighted by Gasteiger charge is -2.54. The molecule has 25 heavy (non-hydrogen) atoms. The van der Waals surface area contributed by atoms with Gasteiger partial charge >= 0.3 is 0 Å². The highest BCUT2D eigenvalue weighted by Gasteiger charge is 2.46. The number of halogens is 1. The van der Waals surface area contributed by atoms with Crippen molar-refractivity contribution in [1.82, 2.24) is 9.88 Å². The first kappa shape index (κ1) is 17.1. The number of aliphatic hydroxyl groups excluding tert-OH is 1. The van der Waals surface area contributed by atoms with Crippen molar-refractivity contribution in [2.24, 2.45) is 5.41 Å². The minimum Gasteiger partial charge on any atom is -0.396 e. The van der Waals surface area contributed by atoms with Crippen LogP contribution in [0.15, 0.2) is 24.4 Å². The highest BCUT2D eigenvalue weighted by Crippen LogP contribution is 2.43. The van der Waals surface area contributed by atoms with Crippen LogP contribution >= 0.6 is 11.6 Å².